The molecule has 0 aromatic carbocycles. The van der Waals surface area contributed by atoms with E-state index >= 15 is 0 Å². The van der Waals surface area contributed by atoms with Crippen molar-refractivity contribution in [3.8, 4) is 6.07 Å². The van der Waals surface area contributed by atoms with E-state index in [1.165, 1.54) is 0 Å². The summed E-state index contributed by atoms with van der Waals surface area (Å²) in [4.78, 5) is 2.49. The Morgan fingerprint density at radius 2 is 2.12 bits per heavy atom. The average molecular weight is 237 g/mol. The van der Waals surface area contributed by atoms with Gasteiger partial charge in [0.25, 0.3) is 0 Å². The summed E-state index contributed by atoms with van der Waals surface area (Å²) in [6, 6.07) is 3.44. The first-order chi connectivity index (χ1) is 8.15. The van der Waals surface area contributed by atoms with Gasteiger partial charge in [-0.25, -0.2) is 0 Å². The van der Waals surface area contributed by atoms with Crippen molar-refractivity contribution in [1.29, 1.82) is 5.26 Å². The van der Waals surface area contributed by atoms with E-state index in [9.17, 15) is 5.26 Å². The molecule has 0 aromatic rings. The summed E-state index contributed by atoms with van der Waals surface area (Å²) in [6.45, 7) is 7.95. The number of morpholine rings is 1. The third-order valence-corrected chi connectivity index (χ3v) is 3.83. The minimum absolute atomic E-state index is 0.295. The van der Waals surface area contributed by atoms with Crippen molar-refractivity contribution in [2.75, 3.05) is 26.3 Å². The van der Waals surface area contributed by atoms with Gasteiger partial charge in [0, 0.05) is 25.2 Å². The third kappa shape index (κ3) is 2.98. The highest BCUT2D eigenvalue weighted by Gasteiger charge is 2.41. The molecule has 0 spiro atoms. The van der Waals surface area contributed by atoms with Gasteiger partial charge in [-0.2, -0.15) is 5.26 Å². The summed E-state index contributed by atoms with van der Waals surface area (Å²) in [7, 11) is 0. The van der Waals surface area contributed by atoms with Crippen LogP contribution in [0, 0.1) is 11.3 Å². The molecule has 4 heteroatoms. The molecule has 2 unspecified atom stereocenters. The number of nitriles is 1. The first-order valence-electron chi connectivity index (χ1n) is 6.66. The van der Waals surface area contributed by atoms with Gasteiger partial charge in [-0.15, -0.1) is 0 Å². The topological polar surface area (TPSA) is 48.3 Å². The van der Waals surface area contributed by atoms with Gasteiger partial charge >= 0.3 is 0 Å². The fourth-order valence-corrected chi connectivity index (χ4v) is 3.09. The number of hydrogen-bond acceptors (Lipinski definition) is 4. The lowest BCUT2D eigenvalue weighted by molar-refractivity contribution is 0.0169. The third-order valence-electron chi connectivity index (χ3n) is 3.83. The molecule has 96 valence electrons. The van der Waals surface area contributed by atoms with E-state index in [4.69, 9.17) is 4.74 Å². The maximum atomic E-state index is 9.43. The Morgan fingerprint density at radius 3 is 2.71 bits per heavy atom. The zero-order chi connectivity index (χ0) is 12.3. The van der Waals surface area contributed by atoms with Crippen LogP contribution in [0.4, 0.5) is 0 Å². The number of nitrogens with zero attached hydrogens (tertiary/aromatic N) is 2. The van der Waals surface area contributed by atoms with Crippen molar-refractivity contribution in [1.82, 2.24) is 10.2 Å². The minimum Gasteiger partial charge on any atom is -0.379 e. The molecule has 17 heavy (non-hydrogen) atoms. The number of hydrogen-bond donors (Lipinski definition) is 1. The van der Waals surface area contributed by atoms with Crippen LogP contribution in [0.15, 0.2) is 0 Å². The van der Waals surface area contributed by atoms with Crippen LogP contribution in [0.1, 0.15) is 33.1 Å². The lowest BCUT2D eigenvalue weighted by Crippen LogP contribution is -2.48. The Hall–Kier alpha value is -0.630. The molecule has 1 N–H and O–H groups in total. The van der Waals surface area contributed by atoms with Gasteiger partial charge in [0.05, 0.1) is 19.3 Å². The molecule has 4 nitrogen and oxygen atoms in total. The van der Waals surface area contributed by atoms with Crippen molar-refractivity contribution < 1.29 is 4.74 Å². The van der Waals surface area contributed by atoms with E-state index in [1.54, 1.807) is 0 Å². The van der Waals surface area contributed by atoms with Crippen molar-refractivity contribution in [3.63, 3.8) is 0 Å². The molecule has 1 aliphatic carbocycles. The number of rotatable bonds is 3. The Kier molecular flexibility index (Phi) is 4.03. The van der Waals surface area contributed by atoms with Gasteiger partial charge in [-0.3, -0.25) is 10.2 Å². The smallest absolute Gasteiger partial charge is 0.108 e. The second-order valence-corrected chi connectivity index (χ2v) is 5.54. The molecule has 2 atom stereocenters. The van der Waals surface area contributed by atoms with E-state index in [0.29, 0.717) is 12.1 Å². The SMILES string of the molecule is CC(C)NC1(C#N)CCC(N2CCOCC2)C1. The Bertz CT molecular complexity index is 294. The molecular weight excluding hydrogens is 214 g/mol. The average Bonchev–Trinajstić information content (AvgIpc) is 2.74. The molecule has 0 radical (unpaired) electrons. The van der Waals surface area contributed by atoms with Crippen LogP contribution < -0.4 is 5.32 Å². The molecule has 0 bridgehead atoms. The van der Waals surface area contributed by atoms with E-state index in [1.807, 2.05) is 0 Å². The summed E-state index contributed by atoms with van der Waals surface area (Å²) in [5, 5.41) is 12.9. The lowest BCUT2D eigenvalue weighted by atomic mass is 9.98. The first kappa shape index (κ1) is 12.8. The van der Waals surface area contributed by atoms with E-state index in [2.05, 4.69) is 30.1 Å². The molecular formula is C13H23N3O. The minimum atomic E-state index is -0.295. The van der Waals surface area contributed by atoms with Crippen LogP contribution in [-0.4, -0.2) is 48.8 Å². The van der Waals surface area contributed by atoms with Gasteiger partial charge in [0.1, 0.15) is 5.54 Å². The van der Waals surface area contributed by atoms with Gasteiger partial charge in [0.15, 0.2) is 0 Å². The highest BCUT2D eigenvalue weighted by atomic mass is 16.5. The van der Waals surface area contributed by atoms with E-state index in [0.717, 1.165) is 45.6 Å². The molecule has 1 saturated carbocycles. The lowest BCUT2D eigenvalue weighted by Gasteiger charge is -2.33. The van der Waals surface area contributed by atoms with Crippen LogP contribution in [0.25, 0.3) is 0 Å². The van der Waals surface area contributed by atoms with E-state index < -0.39 is 0 Å². The van der Waals surface area contributed by atoms with Crippen molar-refractivity contribution >= 4 is 0 Å². The molecule has 1 aliphatic heterocycles. The first-order valence-corrected chi connectivity index (χ1v) is 6.66. The number of nitrogens with one attached hydrogen (secondary N) is 1. The van der Waals surface area contributed by atoms with Crippen molar-refractivity contribution in [2.45, 2.75) is 50.7 Å². The Labute approximate surface area is 104 Å². The molecule has 0 aromatic heterocycles. The summed E-state index contributed by atoms with van der Waals surface area (Å²) in [5.74, 6) is 0. The number of ether oxygens (including phenoxy) is 1. The normalized spacial score (nSPS) is 35.1. The second-order valence-electron chi connectivity index (χ2n) is 5.54. The fraction of sp³-hybridized carbons (Fsp3) is 0.923. The molecule has 2 rings (SSSR count). The quantitative estimate of drug-likeness (QED) is 0.799. The Morgan fingerprint density at radius 1 is 1.41 bits per heavy atom. The zero-order valence-corrected chi connectivity index (χ0v) is 10.9. The second kappa shape index (κ2) is 5.34. The van der Waals surface area contributed by atoms with Crippen molar-refractivity contribution in [3.05, 3.63) is 0 Å². The predicted octanol–water partition coefficient (Wildman–Crippen LogP) is 1.13. The van der Waals surface area contributed by atoms with Gasteiger partial charge in [-0.05, 0) is 33.1 Å². The molecule has 2 fully saturated rings. The molecule has 2 aliphatic rings. The van der Waals surface area contributed by atoms with Crippen LogP contribution >= 0.6 is 0 Å². The zero-order valence-electron chi connectivity index (χ0n) is 10.9. The van der Waals surface area contributed by atoms with Crippen LogP contribution in [-0.2, 0) is 4.74 Å². The summed E-state index contributed by atoms with van der Waals surface area (Å²) in [5.41, 5.74) is -0.295. The summed E-state index contributed by atoms with van der Waals surface area (Å²) < 4.78 is 5.38. The summed E-state index contributed by atoms with van der Waals surface area (Å²) >= 11 is 0. The largest absolute Gasteiger partial charge is 0.379 e. The van der Waals surface area contributed by atoms with Crippen LogP contribution in [0.3, 0.4) is 0 Å². The van der Waals surface area contributed by atoms with Crippen molar-refractivity contribution in [2.24, 2.45) is 0 Å². The van der Waals surface area contributed by atoms with Crippen LogP contribution in [0.5, 0.6) is 0 Å². The fourth-order valence-electron chi connectivity index (χ4n) is 3.09. The monoisotopic (exact) mass is 237 g/mol. The predicted molar refractivity (Wildman–Crippen MR) is 66.6 cm³/mol. The highest BCUT2D eigenvalue weighted by molar-refractivity contribution is 5.14. The van der Waals surface area contributed by atoms with Gasteiger partial charge in [0.2, 0.25) is 0 Å². The van der Waals surface area contributed by atoms with E-state index in [-0.39, 0.29) is 5.54 Å². The molecule has 0 amide bonds. The molecule has 1 heterocycles. The maximum Gasteiger partial charge on any atom is 0.108 e. The maximum absolute atomic E-state index is 9.43. The van der Waals surface area contributed by atoms with Gasteiger partial charge in [-0.1, -0.05) is 0 Å². The van der Waals surface area contributed by atoms with Gasteiger partial charge < -0.3 is 4.74 Å². The Balaban J connectivity index is 1.94. The highest BCUT2D eigenvalue weighted by Crippen LogP contribution is 2.33. The molecule has 1 saturated heterocycles. The van der Waals surface area contributed by atoms with Crippen LogP contribution in [0.2, 0.25) is 0 Å². The standard InChI is InChI=1S/C13H23N3O/c1-11(2)15-13(10-14)4-3-12(9-13)16-5-7-17-8-6-16/h11-12,15H,3-9H2,1-2H3. The summed E-state index contributed by atoms with van der Waals surface area (Å²) in [6.07, 6.45) is 3.07.